The first-order valence-corrected chi connectivity index (χ1v) is 14.2. The lowest BCUT2D eigenvalue weighted by molar-refractivity contribution is -0.133. The minimum absolute atomic E-state index is 0.105. The number of rotatable bonds is 7. The van der Waals surface area contributed by atoms with E-state index in [1.165, 1.54) is 35.4 Å². The Morgan fingerprint density at radius 2 is 1.62 bits per heavy atom. The van der Waals surface area contributed by atoms with Gasteiger partial charge < -0.3 is 9.64 Å². The molecule has 1 unspecified atom stereocenters. The summed E-state index contributed by atoms with van der Waals surface area (Å²) in [6.45, 7) is 3.85. The smallest absolute Gasteiger partial charge is 0.246 e. The van der Waals surface area contributed by atoms with E-state index in [1.54, 1.807) is 30.3 Å². The summed E-state index contributed by atoms with van der Waals surface area (Å²) in [5.74, 6) is -0.191. The number of hydrogen-bond acceptors (Lipinski definition) is 6. The maximum absolute atomic E-state index is 13.3. The zero-order valence-corrected chi connectivity index (χ0v) is 21.8. The third kappa shape index (κ3) is 5.48. The van der Waals surface area contributed by atoms with Gasteiger partial charge in [-0.05, 0) is 44.2 Å². The Hall–Kier alpha value is -2.34. The summed E-state index contributed by atoms with van der Waals surface area (Å²) < 4.78 is 58.8. The normalized spacial score (nSPS) is 16.2. The van der Waals surface area contributed by atoms with Crippen LogP contribution in [0.2, 0.25) is 5.02 Å². The van der Waals surface area contributed by atoms with E-state index in [4.69, 9.17) is 16.3 Å². The van der Waals surface area contributed by atoms with E-state index in [0.717, 1.165) is 16.1 Å². The van der Waals surface area contributed by atoms with Crippen LogP contribution in [0.25, 0.3) is 0 Å². The molecule has 2 aromatic carbocycles. The van der Waals surface area contributed by atoms with Gasteiger partial charge in [0.05, 0.1) is 23.9 Å². The van der Waals surface area contributed by atoms with Crippen LogP contribution in [0.3, 0.4) is 0 Å². The van der Waals surface area contributed by atoms with Crippen LogP contribution in [-0.2, 0) is 24.8 Å². The van der Waals surface area contributed by atoms with Gasteiger partial charge in [0, 0.05) is 31.2 Å². The Balaban J connectivity index is 1.79. The standard InChI is InChI=1S/C22H28ClN3O6S2/c1-16-5-8-19(9-6-16)34(30,31)25-13-11-24(12-14-25)22(27)17(2)26(33(4,28)29)20-15-18(23)7-10-21(20)32-3/h5-10,15,17H,11-14H2,1-4H3. The number of benzene rings is 2. The van der Waals surface area contributed by atoms with Crippen LogP contribution in [-0.4, -0.2) is 77.5 Å². The monoisotopic (exact) mass is 529 g/mol. The van der Waals surface area contributed by atoms with E-state index in [9.17, 15) is 21.6 Å². The lowest BCUT2D eigenvalue weighted by atomic mass is 10.2. The number of carbonyl (C=O) groups excluding carboxylic acids is 1. The van der Waals surface area contributed by atoms with Crippen LogP contribution in [0.4, 0.5) is 5.69 Å². The van der Waals surface area contributed by atoms with Crippen molar-refractivity contribution in [2.24, 2.45) is 0 Å². The Labute approximate surface area is 206 Å². The fourth-order valence-electron chi connectivity index (χ4n) is 3.88. The second-order valence-electron chi connectivity index (χ2n) is 8.09. The molecule has 186 valence electrons. The van der Waals surface area contributed by atoms with Crippen LogP contribution in [0.15, 0.2) is 47.4 Å². The van der Waals surface area contributed by atoms with Crippen molar-refractivity contribution in [2.45, 2.75) is 24.8 Å². The molecule has 12 heteroatoms. The Morgan fingerprint density at radius 1 is 1.03 bits per heavy atom. The van der Waals surface area contributed by atoms with Gasteiger partial charge in [0.2, 0.25) is 26.0 Å². The highest BCUT2D eigenvalue weighted by Crippen LogP contribution is 2.34. The fraction of sp³-hybridized carbons (Fsp3) is 0.409. The molecule has 1 amide bonds. The fourth-order valence-corrected chi connectivity index (χ4v) is 6.64. The van der Waals surface area contributed by atoms with E-state index < -0.39 is 32.0 Å². The molecule has 0 saturated carbocycles. The van der Waals surface area contributed by atoms with Crippen molar-refractivity contribution < 1.29 is 26.4 Å². The second-order valence-corrected chi connectivity index (χ2v) is 12.3. The number of piperazine rings is 1. The zero-order valence-electron chi connectivity index (χ0n) is 19.4. The summed E-state index contributed by atoms with van der Waals surface area (Å²) >= 11 is 6.08. The number of aryl methyl sites for hydroxylation is 1. The largest absolute Gasteiger partial charge is 0.495 e. The first-order valence-electron chi connectivity index (χ1n) is 10.5. The number of anilines is 1. The molecule has 34 heavy (non-hydrogen) atoms. The lowest BCUT2D eigenvalue weighted by Gasteiger charge is -2.37. The van der Waals surface area contributed by atoms with Crippen LogP contribution in [0.1, 0.15) is 12.5 Å². The molecule has 1 heterocycles. The van der Waals surface area contributed by atoms with Crippen LogP contribution in [0, 0.1) is 6.92 Å². The number of amides is 1. The molecular formula is C22H28ClN3O6S2. The Morgan fingerprint density at radius 3 is 2.15 bits per heavy atom. The summed E-state index contributed by atoms with van der Waals surface area (Å²) in [7, 11) is -6.17. The van der Waals surface area contributed by atoms with Crippen molar-refractivity contribution in [3.63, 3.8) is 0 Å². The summed E-state index contributed by atoms with van der Waals surface area (Å²) in [5, 5.41) is 0.291. The van der Waals surface area contributed by atoms with Gasteiger partial charge in [-0.2, -0.15) is 4.31 Å². The second kappa shape index (κ2) is 10.1. The summed E-state index contributed by atoms with van der Waals surface area (Å²) in [6, 6.07) is 10.0. The molecule has 3 rings (SSSR count). The average Bonchev–Trinajstić information content (AvgIpc) is 2.78. The van der Waals surface area contributed by atoms with E-state index in [0.29, 0.717) is 5.02 Å². The molecule has 1 atom stereocenters. The van der Waals surface area contributed by atoms with Crippen molar-refractivity contribution in [2.75, 3.05) is 43.8 Å². The van der Waals surface area contributed by atoms with Crippen LogP contribution in [0.5, 0.6) is 5.75 Å². The average molecular weight is 530 g/mol. The highest BCUT2D eigenvalue weighted by atomic mass is 35.5. The minimum atomic E-state index is -3.88. The number of halogens is 1. The van der Waals surface area contributed by atoms with Gasteiger partial charge >= 0.3 is 0 Å². The highest BCUT2D eigenvalue weighted by Gasteiger charge is 2.36. The maximum atomic E-state index is 13.3. The number of carbonyl (C=O) groups is 1. The summed E-state index contributed by atoms with van der Waals surface area (Å²) in [4.78, 5) is 15.0. The molecule has 0 radical (unpaired) electrons. The molecule has 1 aliphatic heterocycles. The van der Waals surface area contributed by atoms with Gasteiger partial charge in [-0.25, -0.2) is 16.8 Å². The topological polar surface area (TPSA) is 104 Å². The first kappa shape index (κ1) is 26.3. The molecule has 0 aliphatic carbocycles. The predicted octanol–water partition coefficient (Wildman–Crippen LogP) is 2.34. The molecule has 0 aromatic heterocycles. The first-order chi connectivity index (χ1) is 15.9. The van der Waals surface area contributed by atoms with Crippen molar-refractivity contribution in [3.05, 3.63) is 53.1 Å². The minimum Gasteiger partial charge on any atom is -0.495 e. The lowest BCUT2D eigenvalue weighted by Crippen LogP contribution is -2.56. The number of nitrogens with zero attached hydrogens (tertiary/aromatic N) is 3. The van der Waals surface area contributed by atoms with Gasteiger partial charge in [0.15, 0.2) is 0 Å². The zero-order chi connectivity index (χ0) is 25.3. The van der Waals surface area contributed by atoms with Gasteiger partial charge in [-0.3, -0.25) is 9.10 Å². The van der Waals surface area contributed by atoms with Crippen molar-refractivity contribution in [1.29, 1.82) is 0 Å². The van der Waals surface area contributed by atoms with Gasteiger partial charge in [-0.1, -0.05) is 29.3 Å². The third-order valence-electron chi connectivity index (χ3n) is 5.65. The molecule has 0 bridgehead atoms. The van der Waals surface area contributed by atoms with E-state index >= 15 is 0 Å². The van der Waals surface area contributed by atoms with E-state index in [-0.39, 0.29) is 42.5 Å². The number of ether oxygens (including phenoxy) is 1. The van der Waals surface area contributed by atoms with Crippen molar-refractivity contribution in [3.8, 4) is 5.75 Å². The van der Waals surface area contributed by atoms with Gasteiger partial charge in [0.25, 0.3) is 0 Å². The predicted molar refractivity (Wildman–Crippen MR) is 131 cm³/mol. The Bertz CT molecular complexity index is 1260. The van der Waals surface area contributed by atoms with Crippen LogP contribution < -0.4 is 9.04 Å². The molecule has 1 fully saturated rings. The SMILES string of the molecule is COc1ccc(Cl)cc1N(C(C)C(=O)N1CCN(S(=O)(=O)c2ccc(C)cc2)CC1)S(C)(=O)=O. The van der Waals surface area contributed by atoms with E-state index in [2.05, 4.69) is 0 Å². The molecule has 1 aliphatic rings. The van der Waals surface area contributed by atoms with Gasteiger partial charge in [0.1, 0.15) is 11.8 Å². The number of hydrogen-bond donors (Lipinski definition) is 0. The highest BCUT2D eigenvalue weighted by molar-refractivity contribution is 7.92. The summed E-state index contributed by atoms with van der Waals surface area (Å²) in [5.41, 5.74) is 1.11. The molecule has 2 aromatic rings. The molecule has 0 spiro atoms. The third-order valence-corrected chi connectivity index (χ3v) is 9.03. The molecular weight excluding hydrogens is 502 g/mol. The van der Waals surface area contributed by atoms with Crippen LogP contribution >= 0.6 is 11.6 Å². The van der Waals surface area contributed by atoms with Crippen molar-refractivity contribution in [1.82, 2.24) is 9.21 Å². The molecule has 9 nitrogen and oxygen atoms in total. The van der Waals surface area contributed by atoms with E-state index in [1.807, 2.05) is 6.92 Å². The molecule has 0 N–H and O–H groups in total. The Kier molecular flexibility index (Phi) is 7.81. The maximum Gasteiger partial charge on any atom is 0.246 e. The van der Waals surface area contributed by atoms with Gasteiger partial charge in [-0.15, -0.1) is 0 Å². The number of methoxy groups -OCH3 is 1. The number of sulfonamides is 2. The van der Waals surface area contributed by atoms with Crippen molar-refractivity contribution >= 4 is 43.2 Å². The molecule has 1 saturated heterocycles. The summed E-state index contributed by atoms with van der Waals surface area (Å²) in [6.07, 6.45) is 1.00. The quantitative estimate of drug-likeness (QED) is 0.545.